The first-order chi connectivity index (χ1) is 13.7. The Morgan fingerprint density at radius 3 is 2.75 bits per heavy atom. The summed E-state index contributed by atoms with van der Waals surface area (Å²) in [6.07, 6.45) is 1.79. The van der Waals surface area contributed by atoms with E-state index in [0.717, 1.165) is 22.8 Å². The van der Waals surface area contributed by atoms with Gasteiger partial charge in [-0.15, -0.1) is 0 Å². The normalized spacial score (nSPS) is 13.0. The number of benzene rings is 2. The maximum Gasteiger partial charge on any atom is 0.189 e. The van der Waals surface area contributed by atoms with Gasteiger partial charge < -0.3 is 14.0 Å². The molecule has 0 fully saturated rings. The molecule has 140 valence electrons. The molecule has 0 bridgehead atoms. The van der Waals surface area contributed by atoms with Crippen molar-refractivity contribution < 1.29 is 9.47 Å². The van der Waals surface area contributed by atoms with Gasteiger partial charge in [-0.25, -0.2) is 9.67 Å². The summed E-state index contributed by atoms with van der Waals surface area (Å²) in [4.78, 5) is 16.7. The van der Waals surface area contributed by atoms with Gasteiger partial charge in [-0.05, 0) is 31.2 Å². The van der Waals surface area contributed by atoms with Gasteiger partial charge in [0.1, 0.15) is 19.0 Å². The van der Waals surface area contributed by atoms with E-state index >= 15 is 0 Å². The molecule has 3 heterocycles. The summed E-state index contributed by atoms with van der Waals surface area (Å²) in [5, 5.41) is 5.24. The summed E-state index contributed by atoms with van der Waals surface area (Å²) in [5.41, 5.74) is 1.73. The van der Waals surface area contributed by atoms with Gasteiger partial charge in [0.25, 0.3) is 0 Å². The molecular weight excluding hydrogens is 356 g/mol. The number of hydrogen-bond acceptors (Lipinski definition) is 5. The molecule has 0 unspecified atom stereocenters. The second kappa shape index (κ2) is 6.53. The second-order valence-electron chi connectivity index (χ2n) is 6.64. The maximum absolute atomic E-state index is 12.1. The minimum Gasteiger partial charge on any atom is -0.486 e. The van der Waals surface area contributed by atoms with Crippen LogP contribution in [0.4, 0.5) is 0 Å². The summed E-state index contributed by atoms with van der Waals surface area (Å²) in [5.74, 6) is 2.88. The molecule has 28 heavy (non-hydrogen) atoms. The van der Waals surface area contributed by atoms with E-state index in [9.17, 15) is 4.79 Å². The van der Waals surface area contributed by atoms with E-state index in [4.69, 9.17) is 9.47 Å². The first-order valence-electron chi connectivity index (χ1n) is 9.10. The van der Waals surface area contributed by atoms with Gasteiger partial charge >= 0.3 is 0 Å². The third kappa shape index (κ3) is 2.81. The van der Waals surface area contributed by atoms with E-state index < -0.39 is 0 Å². The highest BCUT2D eigenvalue weighted by atomic mass is 16.6. The number of hydrogen-bond donors (Lipinski definition) is 0. The summed E-state index contributed by atoms with van der Waals surface area (Å²) < 4.78 is 15.1. The fraction of sp³-hybridized carbons (Fsp3) is 0.190. The number of fused-ring (bicyclic) bond motifs is 2. The van der Waals surface area contributed by atoms with E-state index in [1.165, 1.54) is 0 Å². The number of aromatic nitrogens is 4. The highest BCUT2D eigenvalue weighted by Gasteiger charge is 2.16. The topological polar surface area (TPSA) is 71.2 Å². The smallest absolute Gasteiger partial charge is 0.189 e. The van der Waals surface area contributed by atoms with E-state index in [2.05, 4.69) is 10.1 Å². The van der Waals surface area contributed by atoms with Gasteiger partial charge in [0.05, 0.1) is 17.7 Å². The molecule has 1 aliphatic rings. The Hall–Kier alpha value is -3.61. The van der Waals surface area contributed by atoms with Crippen LogP contribution in [0.25, 0.3) is 16.6 Å². The van der Waals surface area contributed by atoms with Crippen molar-refractivity contribution in [2.75, 3.05) is 13.2 Å². The van der Waals surface area contributed by atoms with Gasteiger partial charge in [0, 0.05) is 23.7 Å². The molecule has 7 heteroatoms. The largest absolute Gasteiger partial charge is 0.486 e. The van der Waals surface area contributed by atoms with Crippen molar-refractivity contribution in [2.24, 2.45) is 0 Å². The van der Waals surface area contributed by atoms with Crippen LogP contribution in [0.5, 0.6) is 11.5 Å². The summed E-state index contributed by atoms with van der Waals surface area (Å²) in [7, 11) is 0. The van der Waals surface area contributed by atoms with Gasteiger partial charge in [-0.3, -0.25) is 4.79 Å². The number of aryl methyl sites for hydroxylation is 1. The molecule has 4 aromatic rings. The van der Waals surface area contributed by atoms with Crippen molar-refractivity contribution >= 4 is 10.9 Å². The molecule has 0 saturated heterocycles. The predicted octanol–water partition coefficient (Wildman–Crippen LogP) is 2.71. The Labute approximate surface area is 160 Å². The first-order valence-corrected chi connectivity index (χ1v) is 9.10. The molecule has 0 amide bonds. The molecule has 0 saturated carbocycles. The SMILES string of the molecule is Cc1nc(Cn2ccc(=O)c3ccccc32)n(-c2ccc3c(c2)OCCO3)n1. The van der Waals surface area contributed by atoms with Crippen LogP contribution < -0.4 is 14.9 Å². The van der Waals surface area contributed by atoms with Crippen molar-refractivity contribution in [1.29, 1.82) is 0 Å². The fourth-order valence-corrected chi connectivity index (χ4v) is 3.48. The molecule has 0 atom stereocenters. The average Bonchev–Trinajstić information content (AvgIpc) is 3.10. The number of para-hydroxylation sites is 1. The first kappa shape index (κ1) is 16.6. The molecular formula is C21H18N4O3. The third-order valence-electron chi connectivity index (χ3n) is 4.75. The van der Waals surface area contributed by atoms with Gasteiger partial charge in [0.2, 0.25) is 0 Å². The second-order valence-corrected chi connectivity index (χ2v) is 6.64. The molecule has 5 rings (SSSR count). The van der Waals surface area contributed by atoms with Gasteiger partial charge in [-0.2, -0.15) is 5.10 Å². The fourth-order valence-electron chi connectivity index (χ4n) is 3.48. The summed E-state index contributed by atoms with van der Waals surface area (Å²) in [6.45, 7) is 3.43. The number of pyridine rings is 1. The zero-order valence-electron chi connectivity index (χ0n) is 15.3. The monoisotopic (exact) mass is 374 g/mol. The molecule has 2 aromatic carbocycles. The van der Waals surface area contributed by atoms with Crippen LogP contribution in [-0.4, -0.2) is 32.5 Å². The standard InChI is InChI=1S/C21H18N4O3/c1-14-22-21(13-24-9-8-18(26)16-4-2-3-5-17(16)24)25(23-14)15-6-7-19-20(12-15)28-11-10-27-19/h2-9,12H,10-11,13H2,1H3. The van der Waals surface area contributed by atoms with Gasteiger partial charge in [-0.1, -0.05) is 12.1 Å². The number of nitrogens with zero attached hydrogens (tertiary/aromatic N) is 4. The van der Waals surface area contributed by atoms with E-state index in [-0.39, 0.29) is 5.43 Å². The third-order valence-corrected chi connectivity index (χ3v) is 4.75. The number of rotatable bonds is 3. The van der Waals surface area contributed by atoms with Crippen molar-refractivity contribution in [3.63, 3.8) is 0 Å². The minimum atomic E-state index is 0.0105. The van der Waals surface area contributed by atoms with E-state index in [1.54, 1.807) is 16.9 Å². The quantitative estimate of drug-likeness (QED) is 0.551. The zero-order valence-corrected chi connectivity index (χ0v) is 15.3. The summed E-state index contributed by atoms with van der Waals surface area (Å²) >= 11 is 0. The Morgan fingerprint density at radius 2 is 1.86 bits per heavy atom. The molecule has 0 radical (unpaired) electrons. The Bertz CT molecular complexity index is 1240. The van der Waals surface area contributed by atoms with Crippen LogP contribution in [0.2, 0.25) is 0 Å². The lowest BCUT2D eigenvalue weighted by molar-refractivity contribution is 0.171. The van der Waals surface area contributed by atoms with Crippen molar-refractivity contribution in [1.82, 2.24) is 19.3 Å². The van der Waals surface area contributed by atoms with Crippen LogP contribution in [0.3, 0.4) is 0 Å². The lowest BCUT2D eigenvalue weighted by Crippen LogP contribution is -2.16. The Balaban J connectivity index is 1.58. The van der Waals surface area contributed by atoms with Crippen LogP contribution in [-0.2, 0) is 6.54 Å². The highest BCUT2D eigenvalue weighted by Crippen LogP contribution is 2.32. The Kier molecular flexibility index (Phi) is 3.86. The van der Waals surface area contributed by atoms with E-state index in [0.29, 0.717) is 36.7 Å². The lowest BCUT2D eigenvalue weighted by atomic mass is 10.2. The maximum atomic E-state index is 12.1. The van der Waals surface area contributed by atoms with E-state index in [1.807, 2.05) is 54.0 Å². The van der Waals surface area contributed by atoms with Crippen LogP contribution in [0.1, 0.15) is 11.6 Å². The summed E-state index contributed by atoms with van der Waals surface area (Å²) in [6, 6.07) is 14.9. The number of ether oxygens (including phenoxy) is 2. The molecule has 1 aliphatic heterocycles. The molecule has 0 spiro atoms. The van der Waals surface area contributed by atoms with Gasteiger partial charge in [0.15, 0.2) is 22.8 Å². The Morgan fingerprint density at radius 1 is 1.04 bits per heavy atom. The molecule has 0 aliphatic carbocycles. The van der Waals surface area contributed by atoms with Crippen molar-refractivity contribution in [3.8, 4) is 17.2 Å². The zero-order chi connectivity index (χ0) is 19.1. The van der Waals surface area contributed by atoms with Crippen LogP contribution in [0.15, 0.2) is 59.5 Å². The lowest BCUT2D eigenvalue weighted by Gasteiger charge is -2.19. The minimum absolute atomic E-state index is 0.0105. The van der Waals surface area contributed by atoms with Crippen LogP contribution in [0, 0.1) is 6.92 Å². The molecule has 2 aromatic heterocycles. The highest BCUT2D eigenvalue weighted by molar-refractivity contribution is 5.78. The molecule has 7 nitrogen and oxygen atoms in total. The van der Waals surface area contributed by atoms with Crippen LogP contribution >= 0.6 is 0 Å². The average molecular weight is 374 g/mol. The molecule has 0 N–H and O–H groups in total. The van der Waals surface area contributed by atoms with Crippen molar-refractivity contribution in [3.05, 3.63) is 76.6 Å². The predicted molar refractivity (Wildman–Crippen MR) is 104 cm³/mol. The van der Waals surface area contributed by atoms with Crippen molar-refractivity contribution in [2.45, 2.75) is 13.5 Å².